The summed E-state index contributed by atoms with van der Waals surface area (Å²) in [5.74, 6) is 0.109. The van der Waals surface area contributed by atoms with E-state index in [1.165, 1.54) is 13.2 Å². The fourth-order valence-corrected chi connectivity index (χ4v) is 3.73. The molecule has 0 fully saturated rings. The van der Waals surface area contributed by atoms with Crippen molar-refractivity contribution in [3.8, 4) is 11.5 Å². The minimum absolute atomic E-state index is 0.0937. The Balaban J connectivity index is 1.70. The highest BCUT2D eigenvalue weighted by Gasteiger charge is 2.24. The Labute approximate surface area is 167 Å². The first-order chi connectivity index (χ1) is 14.0. The first kappa shape index (κ1) is 18.7. The van der Waals surface area contributed by atoms with Crippen molar-refractivity contribution < 1.29 is 33.3 Å². The maximum absolute atomic E-state index is 12.7. The van der Waals surface area contributed by atoms with Gasteiger partial charge in [-0.3, -0.25) is 4.79 Å². The van der Waals surface area contributed by atoms with Gasteiger partial charge in [0.1, 0.15) is 4.88 Å². The van der Waals surface area contributed by atoms with Gasteiger partial charge in [0.05, 0.1) is 23.9 Å². The fourth-order valence-electron chi connectivity index (χ4n) is 2.73. The normalized spacial score (nSPS) is 12.1. The van der Waals surface area contributed by atoms with Gasteiger partial charge in [0, 0.05) is 5.56 Å². The quantitative estimate of drug-likeness (QED) is 0.644. The highest BCUT2D eigenvalue weighted by molar-refractivity contribution is 7.21. The molecule has 2 aromatic heterocycles. The van der Waals surface area contributed by atoms with Crippen LogP contribution in [0.3, 0.4) is 0 Å². The Morgan fingerprint density at radius 1 is 1.24 bits per heavy atom. The maximum Gasteiger partial charge on any atom is 0.435 e. The lowest BCUT2D eigenvalue weighted by Crippen LogP contribution is -2.17. The van der Waals surface area contributed by atoms with Crippen molar-refractivity contribution in [1.29, 1.82) is 0 Å². The van der Waals surface area contributed by atoms with Gasteiger partial charge in [0.25, 0.3) is 5.91 Å². The van der Waals surface area contributed by atoms with Gasteiger partial charge in [-0.05, 0) is 31.2 Å². The van der Waals surface area contributed by atoms with Gasteiger partial charge in [-0.1, -0.05) is 0 Å². The van der Waals surface area contributed by atoms with Crippen LogP contribution in [0.4, 0.5) is 10.6 Å². The number of nitrogens with zero attached hydrogens (tertiary/aromatic N) is 2. The second-order valence-corrected chi connectivity index (χ2v) is 6.85. The van der Waals surface area contributed by atoms with Gasteiger partial charge in [0.15, 0.2) is 17.3 Å². The summed E-state index contributed by atoms with van der Waals surface area (Å²) < 4.78 is 21.7. The van der Waals surface area contributed by atoms with Crippen molar-refractivity contribution >= 4 is 45.3 Å². The molecule has 4 rings (SSSR count). The summed E-state index contributed by atoms with van der Waals surface area (Å²) in [6.45, 7) is 1.90. The molecule has 0 saturated carbocycles. The predicted molar refractivity (Wildman–Crippen MR) is 102 cm³/mol. The molecular formula is C18H15N3O7S. The summed E-state index contributed by atoms with van der Waals surface area (Å²) in [4.78, 5) is 37.1. The van der Waals surface area contributed by atoms with Crippen LogP contribution < -0.4 is 14.8 Å². The van der Waals surface area contributed by atoms with Gasteiger partial charge in [0.2, 0.25) is 6.79 Å². The second kappa shape index (κ2) is 7.43. The molecular weight excluding hydrogens is 402 g/mol. The molecule has 1 amide bonds. The predicted octanol–water partition coefficient (Wildman–Crippen LogP) is 2.87. The Kier molecular flexibility index (Phi) is 4.80. The third-order valence-electron chi connectivity index (χ3n) is 4.05. The average Bonchev–Trinajstić information content (AvgIpc) is 3.42. The van der Waals surface area contributed by atoms with Crippen LogP contribution in [0.2, 0.25) is 0 Å². The number of hydrogen-bond donors (Lipinski definition) is 1. The lowest BCUT2D eigenvalue weighted by Gasteiger charge is -2.04. The number of ether oxygens (including phenoxy) is 4. The fraction of sp³-hybridized carbons (Fsp3) is 0.222. The van der Waals surface area contributed by atoms with Crippen LogP contribution in [0, 0.1) is 0 Å². The smallest absolute Gasteiger partial charge is 0.435 e. The van der Waals surface area contributed by atoms with Gasteiger partial charge < -0.3 is 24.3 Å². The molecule has 0 spiro atoms. The van der Waals surface area contributed by atoms with Crippen molar-refractivity contribution in [2.75, 3.05) is 25.8 Å². The van der Waals surface area contributed by atoms with E-state index in [0.29, 0.717) is 27.3 Å². The molecule has 150 valence electrons. The van der Waals surface area contributed by atoms with E-state index in [1.54, 1.807) is 25.1 Å². The summed E-state index contributed by atoms with van der Waals surface area (Å²) in [5, 5.41) is 6.81. The number of carbonyl (C=O) groups is 3. The third kappa shape index (κ3) is 3.36. The molecule has 0 radical (unpaired) electrons. The number of fused-ring (bicyclic) bond motifs is 2. The standard InChI is InChI=1S/C18H15N3O7S/c1-3-26-18(24)21-10-7-13(17(23)25-2)29-14(10)15(20-21)19-16(22)9-4-5-11-12(6-9)28-8-27-11/h4-7H,3,8H2,1-2H3,(H,19,20,22). The third-order valence-corrected chi connectivity index (χ3v) is 5.16. The van der Waals surface area contributed by atoms with E-state index in [4.69, 9.17) is 18.9 Å². The zero-order valence-corrected chi connectivity index (χ0v) is 16.2. The number of amides is 1. The lowest BCUT2D eigenvalue weighted by molar-refractivity contribution is 0.0606. The van der Waals surface area contributed by atoms with E-state index in [-0.39, 0.29) is 24.1 Å². The zero-order valence-electron chi connectivity index (χ0n) is 15.4. The van der Waals surface area contributed by atoms with Crippen LogP contribution in [-0.2, 0) is 9.47 Å². The van der Waals surface area contributed by atoms with Gasteiger partial charge in [-0.15, -0.1) is 16.4 Å². The topological polar surface area (TPSA) is 118 Å². The number of rotatable bonds is 4. The molecule has 0 unspecified atom stereocenters. The van der Waals surface area contributed by atoms with Crippen LogP contribution in [0.5, 0.6) is 11.5 Å². The van der Waals surface area contributed by atoms with Crippen LogP contribution in [0.1, 0.15) is 27.0 Å². The molecule has 29 heavy (non-hydrogen) atoms. The van der Waals surface area contributed by atoms with Crippen molar-refractivity contribution in [1.82, 2.24) is 9.78 Å². The first-order valence-corrected chi connectivity index (χ1v) is 9.32. The van der Waals surface area contributed by atoms with E-state index in [2.05, 4.69) is 10.4 Å². The van der Waals surface area contributed by atoms with E-state index in [9.17, 15) is 14.4 Å². The van der Waals surface area contributed by atoms with Gasteiger partial charge >= 0.3 is 12.1 Å². The highest BCUT2D eigenvalue weighted by atomic mass is 32.1. The zero-order chi connectivity index (χ0) is 20.5. The number of nitrogens with one attached hydrogen (secondary N) is 1. The summed E-state index contributed by atoms with van der Waals surface area (Å²) in [5.41, 5.74) is 0.646. The summed E-state index contributed by atoms with van der Waals surface area (Å²) in [6.07, 6.45) is -0.727. The molecule has 0 atom stereocenters. The number of esters is 1. The molecule has 1 aromatic carbocycles. The number of carbonyl (C=O) groups excluding carboxylic acids is 3. The van der Waals surface area contributed by atoms with Crippen molar-refractivity contribution in [2.24, 2.45) is 0 Å². The molecule has 10 nitrogen and oxygen atoms in total. The average molecular weight is 417 g/mol. The number of anilines is 1. The summed E-state index contributed by atoms with van der Waals surface area (Å²) in [7, 11) is 1.26. The van der Waals surface area contributed by atoms with Crippen LogP contribution in [0.15, 0.2) is 24.3 Å². The van der Waals surface area contributed by atoms with E-state index in [0.717, 1.165) is 16.0 Å². The minimum Gasteiger partial charge on any atom is -0.465 e. The molecule has 1 N–H and O–H groups in total. The van der Waals surface area contributed by atoms with Crippen LogP contribution >= 0.6 is 11.3 Å². The second-order valence-electron chi connectivity index (χ2n) is 5.80. The SMILES string of the molecule is CCOC(=O)n1nc(NC(=O)c2ccc3c(c2)OCO3)c2sc(C(=O)OC)cc21. The maximum atomic E-state index is 12.7. The minimum atomic E-state index is -0.727. The molecule has 11 heteroatoms. The Morgan fingerprint density at radius 2 is 2.03 bits per heavy atom. The Bertz CT molecular complexity index is 1130. The van der Waals surface area contributed by atoms with Crippen molar-refractivity contribution in [3.63, 3.8) is 0 Å². The molecule has 0 bridgehead atoms. The first-order valence-electron chi connectivity index (χ1n) is 8.50. The molecule has 1 aliphatic rings. The van der Waals surface area contributed by atoms with Gasteiger partial charge in [-0.25, -0.2) is 9.59 Å². The summed E-state index contributed by atoms with van der Waals surface area (Å²) in [6, 6.07) is 6.22. The molecule has 0 saturated heterocycles. The Morgan fingerprint density at radius 3 is 2.79 bits per heavy atom. The molecule has 0 aliphatic carbocycles. The molecule has 3 aromatic rings. The number of methoxy groups -OCH3 is 1. The van der Waals surface area contributed by atoms with E-state index >= 15 is 0 Å². The largest absolute Gasteiger partial charge is 0.465 e. The van der Waals surface area contributed by atoms with Crippen molar-refractivity contribution in [2.45, 2.75) is 6.92 Å². The number of aromatic nitrogens is 2. The van der Waals surface area contributed by atoms with E-state index in [1.807, 2.05) is 0 Å². The van der Waals surface area contributed by atoms with Crippen LogP contribution in [0.25, 0.3) is 10.2 Å². The Hall–Kier alpha value is -3.60. The lowest BCUT2D eigenvalue weighted by atomic mass is 10.2. The highest BCUT2D eigenvalue weighted by Crippen LogP contribution is 2.35. The molecule has 3 heterocycles. The molecule has 1 aliphatic heterocycles. The number of hydrogen-bond acceptors (Lipinski definition) is 9. The van der Waals surface area contributed by atoms with Crippen LogP contribution in [-0.4, -0.2) is 48.3 Å². The number of benzene rings is 1. The number of thiophene rings is 1. The monoisotopic (exact) mass is 417 g/mol. The van der Waals surface area contributed by atoms with Crippen molar-refractivity contribution in [3.05, 3.63) is 34.7 Å². The van der Waals surface area contributed by atoms with E-state index < -0.39 is 18.0 Å². The van der Waals surface area contributed by atoms with Gasteiger partial charge in [-0.2, -0.15) is 4.68 Å². The summed E-state index contributed by atoms with van der Waals surface area (Å²) >= 11 is 1.05.